The Morgan fingerprint density at radius 1 is 1.13 bits per heavy atom. The van der Waals surface area contributed by atoms with Gasteiger partial charge in [0.2, 0.25) is 0 Å². The summed E-state index contributed by atoms with van der Waals surface area (Å²) in [5.41, 5.74) is -0.157. The second-order valence-electron chi connectivity index (χ2n) is 2.28. The van der Waals surface area contributed by atoms with Crippen LogP contribution in [0.1, 0.15) is 0 Å². The summed E-state index contributed by atoms with van der Waals surface area (Å²) >= 11 is 0. The van der Waals surface area contributed by atoms with Gasteiger partial charge in [-0.15, -0.1) is 0 Å². The van der Waals surface area contributed by atoms with Crippen LogP contribution in [-0.2, 0) is 9.59 Å². The third kappa shape index (κ3) is 5.40. The molecular weight excluding hydrogens is 209 g/mol. The fourth-order valence-corrected chi connectivity index (χ4v) is 0.515. The van der Waals surface area contributed by atoms with E-state index in [1.807, 2.05) is 0 Å². The van der Waals surface area contributed by atoms with Gasteiger partial charge in [-0.05, 0) is 18.2 Å². The van der Waals surface area contributed by atoms with Crippen LogP contribution < -0.4 is 5.46 Å². The smallest absolute Gasteiger partial charge is 0.414 e. The summed E-state index contributed by atoms with van der Waals surface area (Å²) in [5, 5.41) is 14.8. The van der Waals surface area contributed by atoms with Gasteiger partial charge in [0, 0.05) is 0 Å². The van der Waals surface area contributed by atoms with E-state index in [0.717, 1.165) is 18.2 Å². The zero-order valence-electron chi connectivity index (χ0n) is 7.28. The Labute approximate surface area is 84.6 Å². The molecule has 15 heavy (non-hydrogen) atoms. The van der Waals surface area contributed by atoms with E-state index < -0.39 is 23.6 Å². The number of carbonyl (C=O) groups is 2. The van der Waals surface area contributed by atoms with Gasteiger partial charge in [0.05, 0.1) is 0 Å². The molecule has 0 saturated carbocycles. The lowest BCUT2D eigenvalue weighted by atomic mass is 9.96. The van der Waals surface area contributed by atoms with Crippen LogP contribution >= 0.6 is 0 Å². The molecule has 1 aromatic carbocycles. The Morgan fingerprint density at radius 2 is 1.60 bits per heavy atom. The number of rotatable bonds is 0. The predicted molar refractivity (Wildman–Crippen MR) is 47.0 cm³/mol. The molecule has 1 aromatic rings. The first-order valence-electron chi connectivity index (χ1n) is 3.51. The van der Waals surface area contributed by atoms with Crippen molar-refractivity contribution in [1.29, 1.82) is 0 Å². The summed E-state index contributed by atoms with van der Waals surface area (Å²) in [6, 6.07) is 2.95. The Bertz CT molecular complexity index is 369. The lowest BCUT2D eigenvalue weighted by Crippen LogP contribution is -2.09. The van der Waals surface area contributed by atoms with Crippen molar-refractivity contribution in [2.45, 2.75) is 0 Å². The van der Waals surface area contributed by atoms with Crippen LogP contribution in [0.2, 0.25) is 0 Å². The highest BCUT2D eigenvalue weighted by Crippen LogP contribution is 1.95. The zero-order chi connectivity index (χ0) is 12.0. The molecule has 2 N–H and O–H groups in total. The highest BCUT2D eigenvalue weighted by molar-refractivity contribution is 6.32. The largest absolute Gasteiger partial charge is 0.473 e. The van der Waals surface area contributed by atoms with E-state index in [-0.39, 0.29) is 5.46 Å². The zero-order valence-corrected chi connectivity index (χ0v) is 7.28. The van der Waals surface area contributed by atoms with Crippen molar-refractivity contribution < 1.29 is 28.6 Å². The molecule has 0 unspecified atom stereocenters. The normalized spacial score (nSPS) is 8.67. The van der Waals surface area contributed by atoms with Crippen LogP contribution in [-0.4, -0.2) is 30.0 Å². The first kappa shape index (κ1) is 13.1. The molecule has 2 radical (unpaired) electrons. The van der Waals surface area contributed by atoms with Gasteiger partial charge in [0.25, 0.3) is 0 Å². The predicted octanol–water partition coefficient (Wildman–Crippen LogP) is -0.0858. The Hall–Kier alpha value is -1.92. The maximum Gasteiger partial charge on any atom is 0.414 e. The van der Waals surface area contributed by atoms with Crippen molar-refractivity contribution in [2.75, 3.05) is 0 Å². The van der Waals surface area contributed by atoms with E-state index in [2.05, 4.69) is 0 Å². The van der Waals surface area contributed by atoms with Gasteiger partial charge < -0.3 is 10.2 Å². The molecule has 0 bridgehead atoms. The van der Waals surface area contributed by atoms with E-state index in [1.54, 1.807) is 0 Å². The number of hydrogen-bond donors (Lipinski definition) is 2. The molecular formula is C8H5BF2O4. The molecule has 0 fully saturated rings. The van der Waals surface area contributed by atoms with Crippen molar-refractivity contribution in [3.05, 3.63) is 29.8 Å². The standard InChI is InChI=1S/C6H3BF2.C2H2O4/c7-5-3-4(8)1-2-6(5)9;3-1(4)2(5)6/h1-3H;(H,3,4)(H,5,6). The SMILES string of the molecule is O=C(O)C(=O)O.[B]c1cc(F)ccc1F. The number of carboxylic acid groups (broad SMARTS) is 2. The third-order valence-electron chi connectivity index (χ3n) is 1.14. The van der Waals surface area contributed by atoms with E-state index in [0.29, 0.717) is 0 Å². The van der Waals surface area contributed by atoms with Crippen molar-refractivity contribution in [3.8, 4) is 0 Å². The fourth-order valence-electron chi connectivity index (χ4n) is 0.515. The third-order valence-corrected chi connectivity index (χ3v) is 1.14. The van der Waals surface area contributed by atoms with Crippen LogP contribution in [0.4, 0.5) is 8.78 Å². The molecule has 78 valence electrons. The van der Waals surface area contributed by atoms with Gasteiger partial charge in [-0.25, -0.2) is 18.4 Å². The lowest BCUT2D eigenvalue weighted by molar-refractivity contribution is -0.159. The van der Waals surface area contributed by atoms with Crippen molar-refractivity contribution >= 4 is 25.2 Å². The molecule has 0 aliphatic carbocycles. The molecule has 0 amide bonds. The van der Waals surface area contributed by atoms with Crippen molar-refractivity contribution in [1.82, 2.24) is 0 Å². The van der Waals surface area contributed by atoms with Gasteiger partial charge in [-0.2, -0.15) is 0 Å². The molecule has 1 rings (SSSR count). The molecule has 0 aromatic heterocycles. The molecule has 0 aliphatic rings. The Morgan fingerprint density at radius 3 is 1.87 bits per heavy atom. The highest BCUT2D eigenvalue weighted by atomic mass is 19.1. The highest BCUT2D eigenvalue weighted by Gasteiger charge is 2.04. The Kier molecular flexibility index (Phi) is 5.01. The van der Waals surface area contributed by atoms with Crippen LogP contribution in [0.15, 0.2) is 18.2 Å². The Balaban J connectivity index is 0.000000288. The summed E-state index contributed by atoms with van der Waals surface area (Å²) in [6.07, 6.45) is 0. The molecule has 0 atom stereocenters. The summed E-state index contributed by atoms with van der Waals surface area (Å²) in [5.74, 6) is -4.75. The van der Waals surface area contributed by atoms with E-state index in [1.165, 1.54) is 0 Å². The van der Waals surface area contributed by atoms with Crippen LogP contribution in [0.5, 0.6) is 0 Å². The van der Waals surface area contributed by atoms with Gasteiger partial charge in [-0.1, -0.05) is 5.46 Å². The van der Waals surface area contributed by atoms with E-state index in [4.69, 9.17) is 27.6 Å². The van der Waals surface area contributed by atoms with Crippen molar-refractivity contribution in [2.24, 2.45) is 0 Å². The summed E-state index contributed by atoms with van der Waals surface area (Å²) < 4.78 is 24.3. The van der Waals surface area contributed by atoms with E-state index in [9.17, 15) is 8.78 Å². The van der Waals surface area contributed by atoms with E-state index >= 15 is 0 Å². The topological polar surface area (TPSA) is 74.6 Å². The molecule has 0 aliphatic heterocycles. The molecule has 7 heteroatoms. The minimum Gasteiger partial charge on any atom is -0.473 e. The van der Waals surface area contributed by atoms with Crippen LogP contribution in [0.25, 0.3) is 0 Å². The molecule has 0 spiro atoms. The van der Waals surface area contributed by atoms with Crippen LogP contribution in [0, 0.1) is 11.6 Å². The molecule has 0 saturated heterocycles. The molecule has 4 nitrogen and oxygen atoms in total. The average Bonchev–Trinajstić information content (AvgIpc) is 2.13. The summed E-state index contributed by atoms with van der Waals surface area (Å²) in [4.78, 5) is 18.2. The number of aliphatic carboxylic acids is 2. The quantitative estimate of drug-likeness (QED) is 0.467. The fraction of sp³-hybridized carbons (Fsp3) is 0. The minimum absolute atomic E-state index is 0.157. The number of benzene rings is 1. The van der Waals surface area contributed by atoms with Gasteiger partial charge in [0.1, 0.15) is 19.5 Å². The first-order chi connectivity index (χ1) is 6.84. The molecule has 0 heterocycles. The van der Waals surface area contributed by atoms with Crippen LogP contribution in [0.3, 0.4) is 0 Å². The number of hydrogen-bond acceptors (Lipinski definition) is 2. The maximum absolute atomic E-state index is 12.2. The minimum atomic E-state index is -1.82. The number of halogens is 2. The number of carboxylic acids is 2. The second-order valence-corrected chi connectivity index (χ2v) is 2.28. The lowest BCUT2D eigenvalue weighted by Gasteiger charge is -1.92. The van der Waals surface area contributed by atoms with Crippen molar-refractivity contribution in [3.63, 3.8) is 0 Å². The maximum atomic E-state index is 12.2. The van der Waals surface area contributed by atoms with Gasteiger partial charge in [-0.3, -0.25) is 0 Å². The average molecular weight is 214 g/mol. The second kappa shape index (κ2) is 5.74. The first-order valence-corrected chi connectivity index (χ1v) is 3.51. The monoisotopic (exact) mass is 214 g/mol. The summed E-state index contributed by atoms with van der Waals surface area (Å²) in [7, 11) is 5.01. The van der Waals surface area contributed by atoms with Gasteiger partial charge in [0.15, 0.2) is 0 Å². The summed E-state index contributed by atoms with van der Waals surface area (Å²) in [6.45, 7) is 0. The van der Waals surface area contributed by atoms with Gasteiger partial charge >= 0.3 is 11.9 Å².